The highest BCUT2D eigenvalue weighted by molar-refractivity contribution is 5.87. The fourth-order valence-corrected chi connectivity index (χ4v) is 1.66. The first-order valence-electron chi connectivity index (χ1n) is 4.92. The molecule has 0 aromatic heterocycles. The lowest BCUT2D eigenvalue weighted by atomic mass is 9.99. The van der Waals surface area contributed by atoms with Crippen LogP contribution in [0.3, 0.4) is 0 Å². The van der Waals surface area contributed by atoms with E-state index < -0.39 is 0 Å². The van der Waals surface area contributed by atoms with E-state index in [1.165, 1.54) is 0 Å². The van der Waals surface area contributed by atoms with Gasteiger partial charge in [-0.15, -0.1) is 0 Å². The maximum Gasteiger partial charge on any atom is 0.150 e. The Kier molecular flexibility index (Phi) is 2.64. The molecule has 2 aromatic carbocycles. The topological polar surface area (TPSA) is 17.1 Å². The van der Waals surface area contributed by atoms with Gasteiger partial charge in [-0.05, 0) is 24.1 Å². The monoisotopic (exact) mass is 196 g/mol. The van der Waals surface area contributed by atoms with Crippen molar-refractivity contribution in [3.8, 4) is 11.1 Å². The van der Waals surface area contributed by atoms with E-state index in [2.05, 4.69) is 0 Å². The molecular weight excluding hydrogens is 184 g/mol. The number of benzene rings is 2. The first-order valence-corrected chi connectivity index (χ1v) is 4.92. The summed E-state index contributed by atoms with van der Waals surface area (Å²) in [6, 6.07) is 15.9. The van der Waals surface area contributed by atoms with Gasteiger partial charge in [0.25, 0.3) is 0 Å². The van der Waals surface area contributed by atoms with Crippen LogP contribution in [0.2, 0.25) is 0 Å². The second-order valence-electron chi connectivity index (χ2n) is 3.57. The minimum Gasteiger partial charge on any atom is -0.298 e. The van der Waals surface area contributed by atoms with E-state index in [0.717, 1.165) is 28.5 Å². The maximum absolute atomic E-state index is 11.0. The summed E-state index contributed by atoms with van der Waals surface area (Å²) in [6.07, 6.45) is 0.912. The molecule has 2 rings (SSSR count). The molecule has 0 atom stereocenters. The largest absolute Gasteiger partial charge is 0.298 e. The number of rotatable bonds is 2. The maximum atomic E-state index is 11.0. The van der Waals surface area contributed by atoms with Gasteiger partial charge in [0.1, 0.15) is 0 Å². The van der Waals surface area contributed by atoms with Gasteiger partial charge in [-0.1, -0.05) is 48.0 Å². The van der Waals surface area contributed by atoms with E-state index in [-0.39, 0.29) is 0 Å². The molecule has 0 bridgehead atoms. The highest BCUT2D eigenvalue weighted by atomic mass is 16.1. The zero-order chi connectivity index (χ0) is 10.7. The highest BCUT2D eigenvalue weighted by Gasteiger charge is 2.03. The van der Waals surface area contributed by atoms with Crippen LogP contribution in [0.1, 0.15) is 15.9 Å². The molecule has 1 heteroatoms. The lowest BCUT2D eigenvalue weighted by Crippen LogP contribution is -1.88. The average Bonchev–Trinajstić information content (AvgIpc) is 2.30. The lowest BCUT2D eigenvalue weighted by Gasteiger charge is -2.05. The van der Waals surface area contributed by atoms with Crippen molar-refractivity contribution < 1.29 is 4.79 Å². The van der Waals surface area contributed by atoms with Crippen LogP contribution in [-0.2, 0) is 0 Å². The predicted molar refractivity (Wildman–Crippen MR) is 62.0 cm³/mol. The first kappa shape index (κ1) is 9.66. The third kappa shape index (κ3) is 1.96. The fraction of sp³-hybridized carbons (Fsp3) is 0.0714. The number of aryl methyl sites for hydroxylation is 1. The summed E-state index contributed by atoms with van der Waals surface area (Å²) in [7, 11) is 0. The Morgan fingerprint density at radius 2 is 1.73 bits per heavy atom. The molecule has 0 radical (unpaired) electrons. The molecule has 0 aliphatic rings. The van der Waals surface area contributed by atoms with Crippen LogP contribution in [0.15, 0.2) is 48.5 Å². The van der Waals surface area contributed by atoms with Gasteiger partial charge in [-0.25, -0.2) is 0 Å². The number of hydrogen-bond acceptors (Lipinski definition) is 1. The second-order valence-corrected chi connectivity index (χ2v) is 3.57. The van der Waals surface area contributed by atoms with Crippen molar-refractivity contribution in [3.63, 3.8) is 0 Å². The average molecular weight is 196 g/mol. The van der Waals surface area contributed by atoms with Gasteiger partial charge in [-0.3, -0.25) is 4.79 Å². The number of carbonyl (C=O) groups is 1. The molecule has 0 saturated heterocycles. The molecule has 0 N–H and O–H groups in total. The van der Waals surface area contributed by atoms with E-state index >= 15 is 0 Å². The summed E-state index contributed by atoms with van der Waals surface area (Å²) < 4.78 is 0. The zero-order valence-electron chi connectivity index (χ0n) is 8.60. The van der Waals surface area contributed by atoms with Crippen LogP contribution < -0.4 is 0 Å². The molecular formula is C14H12O. The Balaban J connectivity index is 2.58. The summed E-state index contributed by atoms with van der Waals surface area (Å²) in [5.74, 6) is 0. The van der Waals surface area contributed by atoms with Gasteiger partial charge in [0, 0.05) is 5.56 Å². The van der Waals surface area contributed by atoms with Crippen molar-refractivity contribution in [2.45, 2.75) is 6.92 Å². The zero-order valence-corrected chi connectivity index (χ0v) is 8.60. The van der Waals surface area contributed by atoms with Crippen molar-refractivity contribution in [1.82, 2.24) is 0 Å². The molecule has 0 aliphatic carbocycles. The molecule has 15 heavy (non-hydrogen) atoms. The van der Waals surface area contributed by atoms with E-state index in [1.54, 1.807) is 0 Å². The van der Waals surface area contributed by atoms with Crippen molar-refractivity contribution in [2.24, 2.45) is 0 Å². The summed E-state index contributed by atoms with van der Waals surface area (Å²) in [6.45, 7) is 1.99. The highest BCUT2D eigenvalue weighted by Crippen LogP contribution is 2.23. The van der Waals surface area contributed by atoms with Gasteiger partial charge < -0.3 is 0 Å². The second kappa shape index (κ2) is 4.09. The Bertz CT molecular complexity index is 472. The lowest BCUT2D eigenvalue weighted by molar-refractivity contribution is 0.112. The smallest absolute Gasteiger partial charge is 0.150 e. The molecule has 0 heterocycles. The van der Waals surface area contributed by atoms with Crippen LogP contribution in [0.4, 0.5) is 0 Å². The van der Waals surface area contributed by atoms with Crippen molar-refractivity contribution in [1.29, 1.82) is 0 Å². The molecule has 74 valence electrons. The van der Waals surface area contributed by atoms with Gasteiger partial charge in [0.2, 0.25) is 0 Å². The van der Waals surface area contributed by atoms with Gasteiger partial charge in [-0.2, -0.15) is 0 Å². The first-order chi connectivity index (χ1) is 7.31. The SMILES string of the molecule is Cc1ccc(-c2ccccc2)c(C=O)c1. The van der Waals surface area contributed by atoms with E-state index in [4.69, 9.17) is 0 Å². The molecule has 0 amide bonds. The quantitative estimate of drug-likeness (QED) is 0.672. The van der Waals surface area contributed by atoms with Gasteiger partial charge >= 0.3 is 0 Å². The third-order valence-corrected chi connectivity index (χ3v) is 2.42. The van der Waals surface area contributed by atoms with Gasteiger partial charge in [0.05, 0.1) is 0 Å². The normalized spacial score (nSPS) is 9.93. The summed E-state index contributed by atoms with van der Waals surface area (Å²) in [5.41, 5.74) is 3.94. The number of carbonyl (C=O) groups excluding carboxylic acids is 1. The van der Waals surface area contributed by atoms with Crippen LogP contribution in [0.25, 0.3) is 11.1 Å². The van der Waals surface area contributed by atoms with Crippen LogP contribution >= 0.6 is 0 Å². The van der Waals surface area contributed by atoms with Crippen LogP contribution in [-0.4, -0.2) is 6.29 Å². The van der Waals surface area contributed by atoms with Crippen molar-refractivity contribution >= 4 is 6.29 Å². The molecule has 0 saturated carbocycles. The van der Waals surface area contributed by atoms with Crippen molar-refractivity contribution in [2.75, 3.05) is 0 Å². The van der Waals surface area contributed by atoms with E-state index in [1.807, 2.05) is 55.5 Å². The minimum absolute atomic E-state index is 0.751. The summed E-state index contributed by atoms with van der Waals surface area (Å²) in [4.78, 5) is 11.0. The Morgan fingerprint density at radius 1 is 1.00 bits per heavy atom. The molecule has 0 aliphatic heterocycles. The molecule has 1 nitrogen and oxygen atoms in total. The Morgan fingerprint density at radius 3 is 2.40 bits per heavy atom. The van der Waals surface area contributed by atoms with Crippen LogP contribution in [0.5, 0.6) is 0 Å². The van der Waals surface area contributed by atoms with E-state index in [9.17, 15) is 4.79 Å². The minimum atomic E-state index is 0.751. The van der Waals surface area contributed by atoms with Crippen molar-refractivity contribution in [3.05, 3.63) is 59.7 Å². The number of hydrogen-bond donors (Lipinski definition) is 0. The standard InChI is InChI=1S/C14H12O/c1-11-7-8-14(13(9-11)10-15)12-5-3-2-4-6-12/h2-10H,1H3. The van der Waals surface area contributed by atoms with Crippen LogP contribution in [0, 0.1) is 6.92 Å². The van der Waals surface area contributed by atoms with E-state index in [0.29, 0.717) is 0 Å². The summed E-state index contributed by atoms with van der Waals surface area (Å²) in [5, 5.41) is 0. The predicted octanol–water partition coefficient (Wildman–Crippen LogP) is 3.47. The summed E-state index contributed by atoms with van der Waals surface area (Å²) >= 11 is 0. The van der Waals surface area contributed by atoms with Gasteiger partial charge in [0.15, 0.2) is 6.29 Å². The number of aldehydes is 1. The fourth-order valence-electron chi connectivity index (χ4n) is 1.66. The third-order valence-electron chi connectivity index (χ3n) is 2.42. The molecule has 2 aromatic rings. The Labute approximate surface area is 89.4 Å². The molecule has 0 fully saturated rings. The molecule has 0 spiro atoms. The Hall–Kier alpha value is -1.89. The molecule has 0 unspecified atom stereocenters.